The molecule has 1 unspecified atom stereocenters. The van der Waals surface area contributed by atoms with E-state index in [4.69, 9.17) is 14.7 Å². The average Bonchev–Trinajstić information content (AvgIpc) is 3.25. The minimum atomic E-state index is -0.486. The van der Waals surface area contributed by atoms with E-state index in [9.17, 15) is 4.79 Å². The molecule has 0 bridgehead atoms. The average molecular weight is 480 g/mol. The smallest absolute Gasteiger partial charge is 0.222 e. The highest BCUT2D eigenvalue weighted by atomic mass is 16.7. The predicted octanol–water partition coefficient (Wildman–Crippen LogP) is 6.64. The van der Waals surface area contributed by atoms with Gasteiger partial charge in [-0.2, -0.15) is 5.26 Å². The molecule has 0 aromatic rings. The molecule has 6 heteroatoms. The van der Waals surface area contributed by atoms with Crippen LogP contribution in [-0.2, 0) is 14.3 Å². The van der Waals surface area contributed by atoms with Crippen molar-refractivity contribution in [3.05, 3.63) is 0 Å². The Balaban J connectivity index is 2.28. The molecule has 1 aliphatic rings. The maximum absolute atomic E-state index is 12.7. The first kappa shape index (κ1) is 30.9. The van der Waals surface area contributed by atoms with Crippen molar-refractivity contribution in [3.8, 4) is 6.07 Å². The number of nitriles is 1. The molecule has 34 heavy (non-hydrogen) atoms. The van der Waals surface area contributed by atoms with E-state index in [2.05, 4.69) is 45.6 Å². The number of hydrogen-bond acceptors (Lipinski definition) is 5. The minimum Gasteiger partial charge on any atom is -0.340 e. The van der Waals surface area contributed by atoms with Gasteiger partial charge in [0.1, 0.15) is 0 Å². The van der Waals surface area contributed by atoms with Crippen molar-refractivity contribution < 1.29 is 14.3 Å². The first-order valence-electron chi connectivity index (χ1n) is 14.1. The first-order chi connectivity index (χ1) is 16.4. The van der Waals surface area contributed by atoms with Crippen LogP contribution in [0, 0.1) is 11.3 Å². The van der Waals surface area contributed by atoms with Gasteiger partial charge in [-0.3, -0.25) is 9.69 Å². The Hall–Kier alpha value is -1.16. The lowest BCUT2D eigenvalue weighted by Gasteiger charge is -2.38. The number of likely N-dealkylation sites (tertiary alicyclic amines) is 1. The largest absolute Gasteiger partial charge is 0.340 e. The van der Waals surface area contributed by atoms with Gasteiger partial charge in [-0.1, -0.05) is 71.1 Å². The fourth-order valence-electron chi connectivity index (χ4n) is 4.81. The first-order valence-corrected chi connectivity index (χ1v) is 14.1. The van der Waals surface area contributed by atoms with E-state index in [1.165, 1.54) is 57.8 Å². The number of hydrogen-bond donors (Lipinski definition) is 0. The Bertz CT molecular complexity index is 554. The summed E-state index contributed by atoms with van der Waals surface area (Å²) in [4.78, 5) is 16.8. The van der Waals surface area contributed by atoms with Crippen molar-refractivity contribution in [1.82, 2.24) is 9.80 Å². The maximum Gasteiger partial charge on any atom is 0.222 e. The van der Waals surface area contributed by atoms with Crippen molar-refractivity contribution >= 4 is 5.91 Å². The number of carbonyl (C=O) groups excluding carboxylic acids is 1. The molecular weight excluding hydrogens is 426 g/mol. The SMILES string of the molecule is CCCCCCCCCCCCCC(=O)N1CC[C@H](OC(OCCC#N)N(C(C)C)C(C)C)C1. The van der Waals surface area contributed by atoms with Crippen LogP contribution in [0.5, 0.6) is 0 Å². The molecule has 0 aromatic heterocycles. The van der Waals surface area contributed by atoms with Gasteiger partial charge in [0, 0.05) is 31.6 Å². The van der Waals surface area contributed by atoms with Crippen molar-refractivity contribution in [2.24, 2.45) is 0 Å². The minimum absolute atomic E-state index is 0.0200. The monoisotopic (exact) mass is 479 g/mol. The van der Waals surface area contributed by atoms with Crippen LogP contribution in [0.2, 0.25) is 0 Å². The summed E-state index contributed by atoms with van der Waals surface area (Å²) in [5, 5.41) is 8.87. The summed E-state index contributed by atoms with van der Waals surface area (Å²) in [5.41, 5.74) is 0. The second kappa shape index (κ2) is 19.1. The Labute approximate surface area is 210 Å². The molecule has 198 valence electrons. The molecule has 0 saturated carbocycles. The Morgan fingerprint density at radius 3 is 2.06 bits per heavy atom. The highest BCUT2D eigenvalue weighted by molar-refractivity contribution is 5.76. The van der Waals surface area contributed by atoms with Gasteiger partial charge in [0.2, 0.25) is 12.3 Å². The zero-order chi connectivity index (χ0) is 25.2. The van der Waals surface area contributed by atoms with Crippen LogP contribution in [0.3, 0.4) is 0 Å². The molecule has 1 amide bonds. The maximum atomic E-state index is 12.7. The van der Waals surface area contributed by atoms with E-state index in [0.717, 1.165) is 25.8 Å². The Morgan fingerprint density at radius 1 is 0.971 bits per heavy atom. The van der Waals surface area contributed by atoms with Crippen LogP contribution >= 0.6 is 0 Å². The highest BCUT2D eigenvalue weighted by Gasteiger charge is 2.32. The van der Waals surface area contributed by atoms with Gasteiger partial charge in [-0.15, -0.1) is 0 Å². The molecule has 6 nitrogen and oxygen atoms in total. The van der Waals surface area contributed by atoms with Gasteiger partial charge < -0.3 is 14.4 Å². The predicted molar refractivity (Wildman–Crippen MR) is 139 cm³/mol. The lowest BCUT2D eigenvalue weighted by atomic mass is 10.1. The lowest BCUT2D eigenvalue weighted by molar-refractivity contribution is -0.257. The highest BCUT2D eigenvalue weighted by Crippen LogP contribution is 2.21. The number of carbonyl (C=O) groups is 1. The quantitative estimate of drug-likeness (QED) is 0.145. The molecule has 1 saturated heterocycles. The van der Waals surface area contributed by atoms with Crippen LogP contribution < -0.4 is 0 Å². The Kier molecular flexibility index (Phi) is 17.3. The van der Waals surface area contributed by atoms with E-state index in [1.54, 1.807) is 0 Å². The molecule has 0 N–H and O–H groups in total. The van der Waals surface area contributed by atoms with Crippen molar-refractivity contribution in [3.63, 3.8) is 0 Å². The van der Waals surface area contributed by atoms with Gasteiger partial charge in [-0.25, -0.2) is 0 Å². The molecule has 1 heterocycles. The number of rotatable bonds is 20. The van der Waals surface area contributed by atoms with E-state index in [0.29, 0.717) is 26.0 Å². The standard InChI is InChI=1S/C28H53N3O3/c1-6-7-8-9-10-11-12-13-14-15-16-18-27(32)30-21-19-26(23-30)34-28(33-22-17-20-29)31(24(2)3)25(4)5/h24-26,28H,6-19,21-23H2,1-5H3/t26-,28?/m0/s1. The molecule has 1 rings (SSSR count). The van der Waals surface area contributed by atoms with Crippen molar-refractivity contribution in [2.75, 3.05) is 19.7 Å². The number of nitrogens with zero attached hydrogens (tertiary/aromatic N) is 3. The summed E-state index contributed by atoms with van der Waals surface area (Å²) in [7, 11) is 0. The number of amides is 1. The summed E-state index contributed by atoms with van der Waals surface area (Å²) >= 11 is 0. The third-order valence-electron chi connectivity index (χ3n) is 6.71. The summed E-state index contributed by atoms with van der Waals surface area (Å²) in [6, 6.07) is 2.65. The third kappa shape index (κ3) is 13.1. The van der Waals surface area contributed by atoms with Crippen molar-refractivity contribution in [1.29, 1.82) is 5.26 Å². The van der Waals surface area contributed by atoms with E-state index >= 15 is 0 Å². The molecule has 0 aromatic carbocycles. The summed E-state index contributed by atoms with van der Waals surface area (Å²) in [6.45, 7) is 12.5. The van der Waals surface area contributed by atoms with Gasteiger partial charge >= 0.3 is 0 Å². The second-order valence-corrected chi connectivity index (χ2v) is 10.4. The summed E-state index contributed by atoms with van der Waals surface area (Å²) in [6.07, 6.45) is 15.6. The third-order valence-corrected chi connectivity index (χ3v) is 6.71. The summed E-state index contributed by atoms with van der Waals surface area (Å²) < 4.78 is 12.3. The fourth-order valence-corrected chi connectivity index (χ4v) is 4.81. The van der Waals surface area contributed by atoms with E-state index < -0.39 is 6.41 Å². The van der Waals surface area contributed by atoms with Crippen LogP contribution in [0.15, 0.2) is 0 Å². The Morgan fingerprint density at radius 2 is 1.53 bits per heavy atom. The normalized spacial score (nSPS) is 17.1. The van der Waals surface area contributed by atoms with Crippen LogP contribution in [0.4, 0.5) is 0 Å². The summed E-state index contributed by atoms with van der Waals surface area (Å²) in [5.74, 6) is 0.258. The van der Waals surface area contributed by atoms with E-state index in [-0.39, 0.29) is 24.1 Å². The molecule has 0 radical (unpaired) electrons. The topological polar surface area (TPSA) is 65.8 Å². The lowest BCUT2D eigenvalue weighted by Crippen LogP contribution is -2.49. The van der Waals surface area contributed by atoms with Gasteiger partial charge in [-0.05, 0) is 40.5 Å². The number of unbranched alkanes of at least 4 members (excludes halogenated alkanes) is 10. The van der Waals surface area contributed by atoms with Gasteiger partial charge in [0.15, 0.2) is 0 Å². The molecule has 2 atom stereocenters. The molecule has 1 aliphatic heterocycles. The second-order valence-electron chi connectivity index (χ2n) is 10.4. The van der Waals surface area contributed by atoms with Crippen LogP contribution in [0.1, 0.15) is 125 Å². The van der Waals surface area contributed by atoms with Crippen LogP contribution in [-0.4, -0.2) is 60.0 Å². The van der Waals surface area contributed by atoms with Crippen LogP contribution in [0.25, 0.3) is 0 Å². The molecular formula is C28H53N3O3. The molecule has 1 fully saturated rings. The van der Waals surface area contributed by atoms with Gasteiger partial charge in [0.25, 0.3) is 0 Å². The zero-order valence-electron chi connectivity index (χ0n) is 22.9. The zero-order valence-corrected chi connectivity index (χ0v) is 22.9. The van der Waals surface area contributed by atoms with Gasteiger partial charge in [0.05, 0.1) is 25.2 Å². The number of ether oxygens (including phenoxy) is 2. The molecule has 0 aliphatic carbocycles. The fraction of sp³-hybridized carbons (Fsp3) is 0.929. The van der Waals surface area contributed by atoms with E-state index in [1.807, 2.05) is 4.90 Å². The van der Waals surface area contributed by atoms with Crippen molar-refractivity contribution in [2.45, 2.75) is 149 Å². The molecule has 0 spiro atoms.